The van der Waals surface area contributed by atoms with E-state index in [9.17, 15) is 14.7 Å². The highest BCUT2D eigenvalue weighted by Crippen LogP contribution is 2.21. The van der Waals surface area contributed by atoms with E-state index in [-0.39, 0.29) is 25.1 Å². The molecule has 1 heterocycles. The van der Waals surface area contributed by atoms with E-state index in [2.05, 4.69) is 30.8 Å². The van der Waals surface area contributed by atoms with Gasteiger partial charge in [0.15, 0.2) is 5.69 Å². The zero-order chi connectivity index (χ0) is 22.8. The number of azide groups is 1. The van der Waals surface area contributed by atoms with E-state index in [0.717, 1.165) is 16.7 Å². The van der Waals surface area contributed by atoms with Crippen LogP contribution in [0.5, 0.6) is 0 Å². The van der Waals surface area contributed by atoms with Gasteiger partial charge in [0.1, 0.15) is 0 Å². The van der Waals surface area contributed by atoms with E-state index in [0.29, 0.717) is 6.42 Å². The summed E-state index contributed by atoms with van der Waals surface area (Å²) >= 11 is 0. The van der Waals surface area contributed by atoms with Crippen molar-refractivity contribution in [1.82, 2.24) is 20.7 Å². The summed E-state index contributed by atoms with van der Waals surface area (Å²) in [5, 5.41) is 25.7. The minimum absolute atomic E-state index is 0.0726. The Labute approximate surface area is 184 Å². The smallest absolute Gasteiger partial charge is 0.306 e. The van der Waals surface area contributed by atoms with Crippen molar-refractivity contribution in [2.75, 3.05) is 6.54 Å². The molecular formula is C22H23N7O3. The molecule has 0 bridgehead atoms. The number of carboxylic acids is 1. The van der Waals surface area contributed by atoms with Crippen molar-refractivity contribution in [2.24, 2.45) is 11.0 Å². The average Bonchev–Trinajstić information content (AvgIpc) is 3.35. The minimum Gasteiger partial charge on any atom is -0.481 e. The summed E-state index contributed by atoms with van der Waals surface area (Å²) < 4.78 is 0. The standard InChI is InChI=1S/C22H23N7O3/c23-28-24-11-10-18(22(31)32)13-19(26-21(30)20-14-25-29-27-20)12-15-6-8-17(9-7-15)16-4-2-1-3-5-16/h1-9,14,18-19H,10-13H2,(H,26,30)(H,31,32)(H,25,27,29)/t18-,19-/m1/s1. The molecule has 0 aliphatic carbocycles. The van der Waals surface area contributed by atoms with Crippen molar-refractivity contribution >= 4 is 11.9 Å². The highest BCUT2D eigenvalue weighted by Gasteiger charge is 2.24. The van der Waals surface area contributed by atoms with Crippen molar-refractivity contribution in [3.8, 4) is 11.1 Å². The van der Waals surface area contributed by atoms with Crippen molar-refractivity contribution in [3.63, 3.8) is 0 Å². The van der Waals surface area contributed by atoms with Gasteiger partial charge < -0.3 is 10.4 Å². The second-order valence-electron chi connectivity index (χ2n) is 7.31. The maximum absolute atomic E-state index is 12.5. The van der Waals surface area contributed by atoms with Crippen LogP contribution in [0.2, 0.25) is 0 Å². The molecule has 2 atom stereocenters. The van der Waals surface area contributed by atoms with Crippen LogP contribution < -0.4 is 5.32 Å². The molecule has 0 fully saturated rings. The molecule has 3 rings (SSSR count). The molecule has 0 aliphatic heterocycles. The number of rotatable bonds is 11. The Morgan fingerprint density at radius 3 is 2.47 bits per heavy atom. The number of carbonyl (C=O) groups is 2. The molecule has 10 heteroatoms. The SMILES string of the molecule is [N-]=[N+]=NCC[C@H](C[C@@H](Cc1ccc(-c2ccccc2)cc1)NC(=O)c1cn[nH]n1)C(=O)O. The quantitative estimate of drug-likeness (QED) is 0.239. The fraction of sp³-hybridized carbons (Fsp3) is 0.273. The Morgan fingerprint density at radius 2 is 1.84 bits per heavy atom. The summed E-state index contributed by atoms with van der Waals surface area (Å²) in [6, 6.07) is 17.4. The number of carbonyl (C=O) groups excluding carboxylic acids is 1. The number of hydrogen-bond acceptors (Lipinski definition) is 5. The average molecular weight is 433 g/mol. The minimum atomic E-state index is -1.00. The number of aliphatic carboxylic acids is 1. The first kappa shape index (κ1) is 22.5. The third kappa shape index (κ3) is 6.41. The molecule has 2 aromatic carbocycles. The molecule has 3 aromatic rings. The van der Waals surface area contributed by atoms with Gasteiger partial charge in [0.05, 0.1) is 12.1 Å². The third-order valence-corrected chi connectivity index (χ3v) is 5.09. The Hall–Kier alpha value is -4.17. The number of amides is 1. The van der Waals surface area contributed by atoms with E-state index in [4.69, 9.17) is 5.53 Å². The summed E-state index contributed by atoms with van der Waals surface area (Å²) in [5.74, 6) is -2.21. The predicted molar refractivity (Wildman–Crippen MR) is 118 cm³/mol. The van der Waals surface area contributed by atoms with Gasteiger partial charge in [-0.3, -0.25) is 9.59 Å². The first-order chi connectivity index (χ1) is 15.6. The lowest BCUT2D eigenvalue weighted by Crippen LogP contribution is -2.39. The molecule has 0 aliphatic rings. The monoisotopic (exact) mass is 433 g/mol. The summed E-state index contributed by atoms with van der Waals surface area (Å²) in [6.07, 6.45) is 2.10. The first-order valence-corrected chi connectivity index (χ1v) is 10.1. The van der Waals surface area contributed by atoms with Crippen molar-refractivity contribution < 1.29 is 14.7 Å². The van der Waals surface area contributed by atoms with Crippen LogP contribution in [-0.4, -0.2) is 45.0 Å². The number of H-pyrrole nitrogens is 1. The van der Waals surface area contributed by atoms with Crippen LogP contribution in [0.1, 0.15) is 28.9 Å². The predicted octanol–water partition coefficient (Wildman–Crippen LogP) is 3.60. The molecule has 0 saturated carbocycles. The molecule has 1 amide bonds. The van der Waals surface area contributed by atoms with E-state index in [1.165, 1.54) is 6.20 Å². The Bertz CT molecular complexity index is 1060. The van der Waals surface area contributed by atoms with Crippen LogP contribution in [0.4, 0.5) is 0 Å². The van der Waals surface area contributed by atoms with Crippen LogP contribution in [0.15, 0.2) is 65.9 Å². The highest BCUT2D eigenvalue weighted by atomic mass is 16.4. The molecule has 0 unspecified atom stereocenters. The first-order valence-electron chi connectivity index (χ1n) is 10.1. The van der Waals surface area contributed by atoms with Crippen molar-refractivity contribution in [3.05, 3.63) is 82.5 Å². The van der Waals surface area contributed by atoms with E-state index >= 15 is 0 Å². The zero-order valence-electron chi connectivity index (χ0n) is 17.3. The Balaban J connectivity index is 1.75. The Kier molecular flexibility index (Phi) is 7.94. The number of aromatic amines is 1. The highest BCUT2D eigenvalue weighted by molar-refractivity contribution is 5.92. The Morgan fingerprint density at radius 1 is 1.12 bits per heavy atom. The largest absolute Gasteiger partial charge is 0.481 e. The normalized spacial score (nSPS) is 12.4. The number of carboxylic acid groups (broad SMARTS) is 1. The van der Waals surface area contributed by atoms with Crippen LogP contribution in [-0.2, 0) is 11.2 Å². The van der Waals surface area contributed by atoms with E-state index < -0.39 is 23.8 Å². The summed E-state index contributed by atoms with van der Waals surface area (Å²) in [5.41, 5.74) is 11.7. The van der Waals surface area contributed by atoms with Crippen LogP contribution in [0.3, 0.4) is 0 Å². The molecule has 32 heavy (non-hydrogen) atoms. The molecule has 10 nitrogen and oxygen atoms in total. The molecule has 3 N–H and O–H groups in total. The lowest BCUT2D eigenvalue weighted by Gasteiger charge is -2.22. The maximum atomic E-state index is 12.5. The van der Waals surface area contributed by atoms with Gasteiger partial charge in [-0.2, -0.15) is 15.4 Å². The summed E-state index contributed by atoms with van der Waals surface area (Å²) in [6.45, 7) is 0.0726. The molecule has 1 aromatic heterocycles. The third-order valence-electron chi connectivity index (χ3n) is 5.09. The van der Waals surface area contributed by atoms with Gasteiger partial charge in [-0.1, -0.05) is 59.7 Å². The molecular weight excluding hydrogens is 410 g/mol. The maximum Gasteiger partial charge on any atom is 0.306 e. The van der Waals surface area contributed by atoms with Gasteiger partial charge in [0.25, 0.3) is 5.91 Å². The van der Waals surface area contributed by atoms with Gasteiger partial charge in [-0.15, -0.1) is 0 Å². The van der Waals surface area contributed by atoms with Gasteiger partial charge >= 0.3 is 5.97 Å². The van der Waals surface area contributed by atoms with Crippen LogP contribution >= 0.6 is 0 Å². The summed E-state index contributed by atoms with van der Waals surface area (Å²) in [7, 11) is 0. The lowest BCUT2D eigenvalue weighted by atomic mass is 9.92. The second kappa shape index (κ2) is 11.3. The fourth-order valence-corrected chi connectivity index (χ4v) is 3.46. The summed E-state index contributed by atoms with van der Waals surface area (Å²) in [4.78, 5) is 26.9. The number of aromatic nitrogens is 3. The van der Waals surface area contributed by atoms with Crippen LogP contribution in [0, 0.1) is 5.92 Å². The number of hydrogen-bond donors (Lipinski definition) is 3. The van der Waals surface area contributed by atoms with Gasteiger partial charge in [-0.05, 0) is 41.5 Å². The zero-order valence-corrected chi connectivity index (χ0v) is 17.3. The number of nitrogens with zero attached hydrogens (tertiary/aromatic N) is 5. The molecule has 0 spiro atoms. The van der Waals surface area contributed by atoms with Gasteiger partial charge in [0, 0.05) is 17.5 Å². The van der Waals surface area contributed by atoms with E-state index in [1.54, 1.807) is 0 Å². The van der Waals surface area contributed by atoms with Crippen molar-refractivity contribution in [1.29, 1.82) is 0 Å². The molecule has 0 saturated heterocycles. The molecule has 164 valence electrons. The van der Waals surface area contributed by atoms with E-state index in [1.807, 2.05) is 54.6 Å². The van der Waals surface area contributed by atoms with Gasteiger partial charge in [0.2, 0.25) is 0 Å². The number of nitrogens with one attached hydrogen (secondary N) is 2. The topological polar surface area (TPSA) is 157 Å². The van der Waals surface area contributed by atoms with Gasteiger partial charge in [-0.25, -0.2) is 0 Å². The van der Waals surface area contributed by atoms with Crippen molar-refractivity contribution in [2.45, 2.75) is 25.3 Å². The second-order valence-corrected chi connectivity index (χ2v) is 7.31. The lowest BCUT2D eigenvalue weighted by molar-refractivity contribution is -0.142. The molecule has 0 radical (unpaired) electrons. The fourth-order valence-electron chi connectivity index (χ4n) is 3.46. The number of benzene rings is 2. The van der Waals surface area contributed by atoms with Crippen LogP contribution in [0.25, 0.3) is 21.6 Å².